The number of amides is 4. The standard InChI is InChI=1S/C11H15N3O4/c1-5-13-11(17)14(10(16)12-4)6-7-18-9(15)8(2)3/h2,5-7H2,1,3H3,(H,13,17). The van der Waals surface area contributed by atoms with Crippen molar-refractivity contribution >= 4 is 18.0 Å². The molecule has 0 saturated carbocycles. The molecule has 0 heterocycles. The van der Waals surface area contributed by atoms with E-state index in [2.05, 4.69) is 16.7 Å². The monoisotopic (exact) mass is 253 g/mol. The van der Waals surface area contributed by atoms with Crippen molar-refractivity contribution in [2.45, 2.75) is 13.8 Å². The van der Waals surface area contributed by atoms with Crippen LogP contribution in [0.4, 0.5) is 9.59 Å². The van der Waals surface area contributed by atoms with Gasteiger partial charge in [0.2, 0.25) is 0 Å². The van der Waals surface area contributed by atoms with Crippen LogP contribution in [0.15, 0.2) is 12.2 Å². The molecule has 0 bridgehead atoms. The number of hydrogen-bond acceptors (Lipinski definition) is 4. The second kappa shape index (κ2) is 7.84. The van der Waals surface area contributed by atoms with Gasteiger partial charge in [0.1, 0.15) is 13.2 Å². The number of carbonyl (C=O) groups excluding carboxylic acids is 3. The fourth-order valence-corrected chi connectivity index (χ4v) is 0.944. The molecule has 0 fully saturated rings. The van der Waals surface area contributed by atoms with E-state index in [9.17, 15) is 14.4 Å². The minimum absolute atomic E-state index is 0.175. The molecule has 0 aromatic rings. The molecular formula is C11H15N3O4. The Balaban J connectivity index is 4.40. The zero-order valence-electron chi connectivity index (χ0n) is 10.4. The third-order valence-electron chi connectivity index (χ3n) is 1.80. The second-order valence-electron chi connectivity index (χ2n) is 3.30. The molecule has 0 unspecified atom stereocenters. The van der Waals surface area contributed by atoms with E-state index in [0.717, 1.165) is 0 Å². The van der Waals surface area contributed by atoms with Crippen LogP contribution in [0.5, 0.6) is 0 Å². The van der Waals surface area contributed by atoms with Gasteiger partial charge < -0.3 is 14.9 Å². The summed E-state index contributed by atoms with van der Waals surface area (Å²) in [5, 5.41) is 2.39. The first-order valence-corrected chi connectivity index (χ1v) is 5.23. The van der Waals surface area contributed by atoms with Crippen molar-refractivity contribution in [3.05, 3.63) is 23.6 Å². The molecular weight excluding hydrogens is 238 g/mol. The van der Waals surface area contributed by atoms with E-state index >= 15 is 0 Å². The summed E-state index contributed by atoms with van der Waals surface area (Å²) in [4.78, 5) is 37.0. The van der Waals surface area contributed by atoms with E-state index in [1.54, 1.807) is 6.92 Å². The van der Waals surface area contributed by atoms with Gasteiger partial charge in [0.15, 0.2) is 0 Å². The molecule has 0 aliphatic heterocycles. The van der Waals surface area contributed by atoms with Gasteiger partial charge >= 0.3 is 18.0 Å². The van der Waals surface area contributed by atoms with Gasteiger partial charge in [0.05, 0.1) is 0 Å². The first kappa shape index (κ1) is 15.6. The lowest BCUT2D eigenvalue weighted by Crippen LogP contribution is -2.43. The average Bonchev–Trinajstić information content (AvgIpc) is 2.33. The van der Waals surface area contributed by atoms with Gasteiger partial charge in [-0.15, -0.1) is 0 Å². The summed E-state index contributed by atoms with van der Waals surface area (Å²) in [6, 6.07) is -1.71. The maximum Gasteiger partial charge on any atom is 0.447 e. The van der Waals surface area contributed by atoms with Crippen molar-refractivity contribution in [2.75, 3.05) is 19.7 Å². The number of hydrogen-bond donors (Lipinski definition) is 1. The van der Waals surface area contributed by atoms with E-state index in [1.807, 2.05) is 0 Å². The summed E-state index contributed by atoms with van der Waals surface area (Å²) in [6.07, 6.45) is 0. The number of imide groups is 1. The van der Waals surface area contributed by atoms with E-state index in [4.69, 9.17) is 11.3 Å². The molecule has 0 aliphatic carbocycles. The number of nitrogens with zero attached hydrogens (tertiary/aromatic N) is 2. The summed E-state index contributed by atoms with van der Waals surface area (Å²) in [5.41, 5.74) is 0.219. The Bertz CT molecular complexity index is 398. The Morgan fingerprint density at radius 1 is 1.44 bits per heavy atom. The summed E-state index contributed by atoms with van der Waals surface area (Å²) < 4.78 is 4.74. The summed E-state index contributed by atoms with van der Waals surface area (Å²) in [6.45, 7) is 13.1. The molecule has 4 amide bonds. The smallest absolute Gasteiger partial charge is 0.447 e. The topological polar surface area (TPSA) is 80.1 Å². The van der Waals surface area contributed by atoms with Crippen LogP contribution in [0.25, 0.3) is 4.85 Å². The Morgan fingerprint density at radius 3 is 2.50 bits per heavy atom. The average molecular weight is 253 g/mol. The SMILES string of the molecule is [C-]#[N+]C(=O)N(CCOC(=O)C(=C)C)C(=O)NCC. The largest absolute Gasteiger partial charge is 0.458 e. The molecule has 98 valence electrons. The van der Waals surface area contributed by atoms with E-state index < -0.39 is 18.0 Å². The molecule has 7 nitrogen and oxygen atoms in total. The minimum atomic E-state index is -1.02. The lowest BCUT2D eigenvalue weighted by atomic mass is 10.4. The van der Waals surface area contributed by atoms with Crippen LogP contribution in [0.3, 0.4) is 0 Å². The minimum Gasteiger partial charge on any atom is -0.458 e. The predicted molar refractivity (Wildman–Crippen MR) is 63.5 cm³/mol. The van der Waals surface area contributed by atoms with E-state index in [1.165, 1.54) is 6.92 Å². The molecule has 0 rings (SSSR count). The molecule has 1 N–H and O–H groups in total. The van der Waals surface area contributed by atoms with Gasteiger partial charge in [0.25, 0.3) is 0 Å². The molecule has 0 radical (unpaired) electrons. The van der Waals surface area contributed by atoms with Crippen molar-refractivity contribution in [3.63, 3.8) is 0 Å². The zero-order valence-corrected chi connectivity index (χ0v) is 10.4. The fraction of sp³-hybridized carbons (Fsp3) is 0.455. The quantitative estimate of drug-likeness (QED) is 0.453. The van der Waals surface area contributed by atoms with Crippen LogP contribution >= 0.6 is 0 Å². The maximum absolute atomic E-state index is 11.4. The highest BCUT2D eigenvalue weighted by Gasteiger charge is 2.24. The summed E-state index contributed by atoms with van der Waals surface area (Å²) >= 11 is 0. The van der Waals surface area contributed by atoms with Crippen LogP contribution in [-0.2, 0) is 9.53 Å². The van der Waals surface area contributed by atoms with Crippen molar-refractivity contribution in [2.24, 2.45) is 0 Å². The Kier molecular flexibility index (Phi) is 6.81. The molecule has 18 heavy (non-hydrogen) atoms. The Morgan fingerprint density at radius 2 is 2.06 bits per heavy atom. The number of ether oxygens (including phenoxy) is 1. The Hall–Kier alpha value is -2.36. The van der Waals surface area contributed by atoms with Crippen LogP contribution < -0.4 is 5.32 Å². The van der Waals surface area contributed by atoms with Crippen LogP contribution in [0, 0.1) is 6.57 Å². The van der Waals surface area contributed by atoms with Gasteiger partial charge in [-0.25, -0.2) is 14.5 Å². The number of rotatable bonds is 5. The number of urea groups is 2. The van der Waals surface area contributed by atoms with Crippen LogP contribution in [0.1, 0.15) is 13.8 Å². The molecule has 0 aromatic heterocycles. The zero-order chi connectivity index (χ0) is 14.1. The fourth-order valence-electron chi connectivity index (χ4n) is 0.944. The molecule has 0 saturated heterocycles. The highest BCUT2D eigenvalue weighted by molar-refractivity contribution is 5.98. The third kappa shape index (κ3) is 5.12. The van der Waals surface area contributed by atoms with Crippen LogP contribution in [0.2, 0.25) is 0 Å². The first-order chi connectivity index (χ1) is 8.43. The molecule has 0 spiro atoms. The highest BCUT2D eigenvalue weighted by atomic mass is 16.5. The van der Waals surface area contributed by atoms with Crippen molar-refractivity contribution in [1.82, 2.24) is 10.2 Å². The van der Waals surface area contributed by atoms with Crippen molar-refractivity contribution in [3.8, 4) is 0 Å². The van der Waals surface area contributed by atoms with E-state index in [-0.39, 0.29) is 18.7 Å². The Labute approximate surface area is 105 Å². The maximum atomic E-state index is 11.4. The summed E-state index contributed by atoms with van der Waals surface area (Å²) in [7, 11) is 0. The van der Waals surface area contributed by atoms with Crippen molar-refractivity contribution in [1.29, 1.82) is 0 Å². The number of nitrogens with one attached hydrogen (secondary N) is 1. The third-order valence-corrected chi connectivity index (χ3v) is 1.80. The van der Waals surface area contributed by atoms with Crippen molar-refractivity contribution < 1.29 is 19.1 Å². The van der Waals surface area contributed by atoms with Crippen LogP contribution in [-0.4, -0.2) is 42.6 Å². The second-order valence-corrected chi connectivity index (χ2v) is 3.30. The number of carbonyl (C=O) groups is 3. The van der Waals surface area contributed by atoms with Gasteiger partial charge in [-0.05, 0) is 13.8 Å². The molecule has 7 heteroatoms. The number of esters is 1. The lowest BCUT2D eigenvalue weighted by molar-refractivity contribution is -0.139. The predicted octanol–water partition coefficient (Wildman–Crippen LogP) is 1.18. The first-order valence-electron chi connectivity index (χ1n) is 5.23. The molecule has 0 aromatic carbocycles. The summed E-state index contributed by atoms with van der Waals surface area (Å²) in [5.74, 6) is -0.610. The van der Waals surface area contributed by atoms with Gasteiger partial charge in [-0.2, -0.15) is 0 Å². The van der Waals surface area contributed by atoms with E-state index in [0.29, 0.717) is 11.4 Å². The van der Waals surface area contributed by atoms with Gasteiger partial charge in [-0.3, -0.25) is 4.79 Å². The molecule has 0 aliphatic rings. The van der Waals surface area contributed by atoms with Gasteiger partial charge in [0, 0.05) is 12.1 Å². The normalized spacial score (nSPS) is 8.94. The molecule has 0 atom stereocenters. The van der Waals surface area contributed by atoms with Gasteiger partial charge in [-0.1, -0.05) is 13.2 Å². The lowest BCUT2D eigenvalue weighted by Gasteiger charge is -2.14. The highest BCUT2D eigenvalue weighted by Crippen LogP contribution is 1.97.